The fourth-order valence-electron chi connectivity index (χ4n) is 2.72. The summed E-state index contributed by atoms with van der Waals surface area (Å²) < 4.78 is 5.54. The van der Waals surface area contributed by atoms with Crippen LogP contribution in [0.2, 0.25) is 0 Å². The van der Waals surface area contributed by atoms with Crippen molar-refractivity contribution >= 4 is 5.69 Å². The fourth-order valence-corrected chi connectivity index (χ4v) is 2.72. The number of nitrogens with one attached hydrogen (secondary N) is 1. The van der Waals surface area contributed by atoms with Gasteiger partial charge >= 0.3 is 0 Å². The van der Waals surface area contributed by atoms with E-state index in [0.717, 1.165) is 30.9 Å². The van der Waals surface area contributed by atoms with Gasteiger partial charge in [0.25, 0.3) is 5.69 Å². The quantitative estimate of drug-likeness (QED) is 0.615. The Kier molecular flexibility index (Phi) is 5.52. The van der Waals surface area contributed by atoms with Crippen LogP contribution in [0.25, 0.3) is 0 Å². The number of nitro benzene ring substituents is 1. The largest absolute Gasteiger partial charge is 0.494 e. The molecule has 1 N–H and O–H groups in total. The van der Waals surface area contributed by atoms with Crippen LogP contribution in [0.3, 0.4) is 0 Å². The van der Waals surface area contributed by atoms with Gasteiger partial charge in [0, 0.05) is 30.8 Å². The standard InChI is InChI=1S/C15H23N3O3/c1-3-21-15-5-4-14(18(19)20)8-13(15)10-16-9-12-6-7-17(2)11-12/h4-5,8,12,16H,3,6-7,9-11H2,1-2H3/t12-/m0/s1. The summed E-state index contributed by atoms with van der Waals surface area (Å²) in [4.78, 5) is 12.8. The lowest BCUT2D eigenvalue weighted by Crippen LogP contribution is -2.25. The van der Waals surface area contributed by atoms with Crippen LogP contribution in [0.15, 0.2) is 18.2 Å². The highest BCUT2D eigenvalue weighted by Gasteiger charge is 2.19. The molecule has 21 heavy (non-hydrogen) atoms. The van der Waals surface area contributed by atoms with Crippen LogP contribution < -0.4 is 10.1 Å². The molecule has 1 saturated heterocycles. The summed E-state index contributed by atoms with van der Waals surface area (Å²) in [6.45, 7) is 6.24. The molecule has 0 unspecified atom stereocenters. The molecule has 1 heterocycles. The molecule has 1 atom stereocenters. The zero-order chi connectivity index (χ0) is 15.2. The molecule has 0 aromatic heterocycles. The molecule has 0 saturated carbocycles. The predicted molar refractivity (Wildman–Crippen MR) is 81.6 cm³/mol. The Balaban J connectivity index is 1.96. The van der Waals surface area contributed by atoms with E-state index in [1.54, 1.807) is 12.1 Å². The molecule has 1 aromatic carbocycles. The summed E-state index contributed by atoms with van der Waals surface area (Å²) in [6.07, 6.45) is 1.21. The Hall–Kier alpha value is -1.66. The van der Waals surface area contributed by atoms with Crippen molar-refractivity contribution in [2.45, 2.75) is 19.9 Å². The van der Waals surface area contributed by atoms with Gasteiger partial charge in [0.05, 0.1) is 11.5 Å². The predicted octanol–water partition coefficient (Wildman–Crippen LogP) is 2.03. The monoisotopic (exact) mass is 293 g/mol. The molecule has 0 bridgehead atoms. The van der Waals surface area contributed by atoms with Gasteiger partial charge in [0.2, 0.25) is 0 Å². The van der Waals surface area contributed by atoms with Gasteiger partial charge in [0.15, 0.2) is 0 Å². The Bertz CT molecular complexity index is 493. The molecule has 6 nitrogen and oxygen atoms in total. The highest BCUT2D eigenvalue weighted by atomic mass is 16.6. The number of non-ortho nitro benzene ring substituents is 1. The van der Waals surface area contributed by atoms with E-state index in [2.05, 4.69) is 17.3 Å². The first-order valence-corrected chi connectivity index (χ1v) is 7.39. The van der Waals surface area contributed by atoms with Gasteiger partial charge in [-0.3, -0.25) is 10.1 Å². The average molecular weight is 293 g/mol. The van der Waals surface area contributed by atoms with Crippen molar-refractivity contribution in [2.24, 2.45) is 5.92 Å². The first kappa shape index (κ1) is 15.7. The van der Waals surface area contributed by atoms with E-state index < -0.39 is 0 Å². The number of likely N-dealkylation sites (tertiary alicyclic amines) is 1. The van der Waals surface area contributed by atoms with Crippen LogP contribution >= 0.6 is 0 Å². The highest BCUT2D eigenvalue weighted by Crippen LogP contribution is 2.24. The zero-order valence-corrected chi connectivity index (χ0v) is 12.7. The minimum absolute atomic E-state index is 0.107. The maximum Gasteiger partial charge on any atom is 0.270 e. The second kappa shape index (κ2) is 7.38. The molecule has 0 aliphatic carbocycles. The number of hydrogen-bond acceptors (Lipinski definition) is 5. The average Bonchev–Trinajstić information content (AvgIpc) is 2.86. The lowest BCUT2D eigenvalue weighted by Gasteiger charge is -2.14. The zero-order valence-electron chi connectivity index (χ0n) is 12.7. The van der Waals surface area contributed by atoms with E-state index in [1.807, 2.05) is 6.92 Å². The first-order valence-electron chi connectivity index (χ1n) is 7.39. The van der Waals surface area contributed by atoms with Crippen LogP contribution in [-0.2, 0) is 6.54 Å². The molecule has 0 radical (unpaired) electrons. The summed E-state index contributed by atoms with van der Waals surface area (Å²) in [5.41, 5.74) is 0.952. The fraction of sp³-hybridized carbons (Fsp3) is 0.600. The van der Waals surface area contributed by atoms with Crippen molar-refractivity contribution in [3.63, 3.8) is 0 Å². The normalized spacial score (nSPS) is 18.9. The van der Waals surface area contributed by atoms with Gasteiger partial charge in [-0.15, -0.1) is 0 Å². The van der Waals surface area contributed by atoms with Crippen molar-refractivity contribution < 1.29 is 9.66 Å². The van der Waals surface area contributed by atoms with Crippen LogP contribution in [0.5, 0.6) is 5.75 Å². The molecule has 116 valence electrons. The maximum absolute atomic E-state index is 10.9. The van der Waals surface area contributed by atoms with Gasteiger partial charge in [0.1, 0.15) is 5.75 Å². The SMILES string of the molecule is CCOc1ccc([N+](=O)[O-])cc1CNC[C@@H]1CCN(C)C1. The Morgan fingerprint density at radius 3 is 2.95 bits per heavy atom. The third-order valence-electron chi connectivity index (χ3n) is 3.79. The summed E-state index contributed by atoms with van der Waals surface area (Å²) in [5.74, 6) is 1.38. The number of benzene rings is 1. The van der Waals surface area contributed by atoms with E-state index in [1.165, 1.54) is 12.5 Å². The Morgan fingerprint density at radius 1 is 1.52 bits per heavy atom. The summed E-state index contributed by atoms with van der Waals surface area (Å²) in [6, 6.07) is 4.77. The second-order valence-electron chi connectivity index (χ2n) is 5.53. The topological polar surface area (TPSA) is 67.6 Å². The summed E-state index contributed by atoms with van der Waals surface area (Å²) >= 11 is 0. The van der Waals surface area contributed by atoms with Gasteiger partial charge in [-0.1, -0.05) is 0 Å². The minimum atomic E-state index is -0.370. The summed E-state index contributed by atoms with van der Waals surface area (Å²) in [5, 5.41) is 14.3. The number of nitrogens with zero attached hydrogens (tertiary/aromatic N) is 2. The molecule has 2 rings (SSSR count). The van der Waals surface area contributed by atoms with Crippen LogP contribution in [0, 0.1) is 16.0 Å². The van der Waals surface area contributed by atoms with Crippen molar-refractivity contribution in [3.05, 3.63) is 33.9 Å². The van der Waals surface area contributed by atoms with Crippen molar-refractivity contribution in [2.75, 3.05) is 33.3 Å². The molecule has 1 aliphatic rings. The molecular weight excluding hydrogens is 270 g/mol. The lowest BCUT2D eigenvalue weighted by molar-refractivity contribution is -0.384. The molecule has 1 aromatic rings. The summed E-state index contributed by atoms with van der Waals surface area (Å²) in [7, 11) is 2.13. The van der Waals surface area contributed by atoms with Gasteiger partial charge in [-0.25, -0.2) is 0 Å². The third kappa shape index (κ3) is 4.41. The number of rotatable bonds is 7. The molecule has 0 spiro atoms. The van der Waals surface area contributed by atoms with Crippen LogP contribution in [0.4, 0.5) is 5.69 Å². The van der Waals surface area contributed by atoms with E-state index in [0.29, 0.717) is 19.1 Å². The van der Waals surface area contributed by atoms with E-state index in [4.69, 9.17) is 4.74 Å². The van der Waals surface area contributed by atoms with Gasteiger partial charge < -0.3 is 15.0 Å². The molecule has 1 fully saturated rings. The number of nitro groups is 1. The molecule has 6 heteroatoms. The Morgan fingerprint density at radius 2 is 2.33 bits per heavy atom. The van der Waals surface area contributed by atoms with Crippen LogP contribution in [0.1, 0.15) is 18.9 Å². The van der Waals surface area contributed by atoms with Crippen molar-refractivity contribution in [1.29, 1.82) is 0 Å². The van der Waals surface area contributed by atoms with Crippen molar-refractivity contribution in [3.8, 4) is 5.75 Å². The molecular formula is C15H23N3O3. The second-order valence-corrected chi connectivity index (χ2v) is 5.53. The Labute approximate surface area is 125 Å². The number of ether oxygens (including phenoxy) is 1. The first-order chi connectivity index (χ1) is 10.1. The lowest BCUT2D eigenvalue weighted by atomic mass is 10.1. The highest BCUT2D eigenvalue weighted by molar-refractivity contribution is 5.43. The molecule has 1 aliphatic heterocycles. The third-order valence-corrected chi connectivity index (χ3v) is 3.79. The smallest absolute Gasteiger partial charge is 0.270 e. The number of hydrogen-bond donors (Lipinski definition) is 1. The van der Waals surface area contributed by atoms with E-state index >= 15 is 0 Å². The van der Waals surface area contributed by atoms with E-state index in [-0.39, 0.29) is 10.6 Å². The molecule has 0 amide bonds. The van der Waals surface area contributed by atoms with Gasteiger partial charge in [-0.05, 0) is 45.5 Å². The minimum Gasteiger partial charge on any atom is -0.494 e. The van der Waals surface area contributed by atoms with Crippen molar-refractivity contribution in [1.82, 2.24) is 10.2 Å². The van der Waals surface area contributed by atoms with Gasteiger partial charge in [-0.2, -0.15) is 0 Å². The maximum atomic E-state index is 10.9. The van der Waals surface area contributed by atoms with E-state index in [9.17, 15) is 10.1 Å². The van der Waals surface area contributed by atoms with Crippen LogP contribution in [-0.4, -0.2) is 43.1 Å².